The Kier molecular flexibility index (Phi) is 4.11. The molecule has 12 heavy (non-hydrogen) atoms. The van der Waals surface area contributed by atoms with Gasteiger partial charge in [-0.3, -0.25) is 0 Å². The molecule has 1 aliphatic rings. The van der Waals surface area contributed by atoms with Crippen LogP contribution in [0, 0.1) is 17.8 Å². The van der Waals surface area contributed by atoms with Gasteiger partial charge < -0.3 is 0 Å². The SMILES string of the molecule is CCCC1CCCC(C(C)C)C1.[HH]. The summed E-state index contributed by atoms with van der Waals surface area (Å²) in [6.07, 6.45) is 8.88. The fourth-order valence-electron chi connectivity index (χ4n) is 2.61. The maximum atomic E-state index is 2.39. The molecule has 74 valence electrons. The van der Waals surface area contributed by atoms with E-state index in [1.165, 1.54) is 38.5 Å². The van der Waals surface area contributed by atoms with Gasteiger partial charge in [0.15, 0.2) is 0 Å². The molecule has 0 aliphatic heterocycles. The van der Waals surface area contributed by atoms with Crippen molar-refractivity contribution in [2.24, 2.45) is 17.8 Å². The second-order valence-corrected chi connectivity index (χ2v) is 4.83. The quantitative estimate of drug-likeness (QED) is 0.585. The van der Waals surface area contributed by atoms with Crippen LogP contribution in [0.25, 0.3) is 0 Å². The summed E-state index contributed by atoms with van der Waals surface area (Å²) in [6, 6.07) is 0. The van der Waals surface area contributed by atoms with E-state index < -0.39 is 0 Å². The van der Waals surface area contributed by atoms with Gasteiger partial charge in [-0.15, -0.1) is 0 Å². The third-order valence-corrected chi connectivity index (χ3v) is 3.46. The minimum Gasteiger partial charge on any atom is -0.0654 e. The minimum absolute atomic E-state index is 0. The number of hydrogen-bond acceptors (Lipinski definition) is 0. The van der Waals surface area contributed by atoms with Crippen LogP contribution < -0.4 is 0 Å². The largest absolute Gasteiger partial charge is 0.0654 e. The van der Waals surface area contributed by atoms with Gasteiger partial charge in [0.25, 0.3) is 0 Å². The minimum atomic E-state index is 0. The zero-order valence-corrected chi connectivity index (χ0v) is 8.97. The van der Waals surface area contributed by atoms with Crippen LogP contribution in [0.5, 0.6) is 0 Å². The molecule has 0 heterocycles. The Morgan fingerprint density at radius 3 is 2.67 bits per heavy atom. The fourth-order valence-corrected chi connectivity index (χ4v) is 2.61. The van der Waals surface area contributed by atoms with Gasteiger partial charge >= 0.3 is 0 Å². The van der Waals surface area contributed by atoms with Gasteiger partial charge in [0.1, 0.15) is 0 Å². The molecule has 2 atom stereocenters. The van der Waals surface area contributed by atoms with Crippen molar-refractivity contribution in [2.45, 2.75) is 59.3 Å². The molecule has 2 unspecified atom stereocenters. The van der Waals surface area contributed by atoms with E-state index in [1.54, 1.807) is 0 Å². The van der Waals surface area contributed by atoms with Crippen molar-refractivity contribution in [3.8, 4) is 0 Å². The molecule has 0 aromatic carbocycles. The molecule has 1 saturated carbocycles. The molecule has 1 fully saturated rings. The van der Waals surface area contributed by atoms with Gasteiger partial charge in [-0.05, 0) is 24.2 Å². The number of rotatable bonds is 3. The van der Waals surface area contributed by atoms with Crippen molar-refractivity contribution in [3.63, 3.8) is 0 Å². The van der Waals surface area contributed by atoms with Crippen molar-refractivity contribution >= 4 is 0 Å². The lowest BCUT2D eigenvalue weighted by Crippen LogP contribution is -2.19. The molecular formula is C12H26. The molecular weight excluding hydrogens is 144 g/mol. The highest BCUT2D eigenvalue weighted by Crippen LogP contribution is 2.35. The summed E-state index contributed by atoms with van der Waals surface area (Å²) in [5.74, 6) is 3.02. The lowest BCUT2D eigenvalue weighted by molar-refractivity contribution is 0.206. The zero-order chi connectivity index (χ0) is 8.97. The molecule has 0 spiro atoms. The second kappa shape index (κ2) is 4.89. The normalized spacial score (nSPS) is 31.0. The lowest BCUT2D eigenvalue weighted by Gasteiger charge is -2.31. The Morgan fingerprint density at radius 2 is 2.08 bits per heavy atom. The molecule has 0 nitrogen and oxygen atoms in total. The predicted octanol–water partition coefficient (Wildman–Crippen LogP) is 4.49. The van der Waals surface area contributed by atoms with Crippen molar-refractivity contribution in [3.05, 3.63) is 0 Å². The highest BCUT2D eigenvalue weighted by Gasteiger charge is 2.23. The van der Waals surface area contributed by atoms with E-state index in [4.69, 9.17) is 0 Å². The first-order valence-electron chi connectivity index (χ1n) is 5.74. The molecule has 0 aromatic rings. The summed E-state index contributed by atoms with van der Waals surface area (Å²) in [6.45, 7) is 7.09. The van der Waals surface area contributed by atoms with E-state index in [0.717, 1.165) is 17.8 Å². The predicted molar refractivity (Wildman–Crippen MR) is 57.3 cm³/mol. The van der Waals surface area contributed by atoms with Crippen molar-refractivity contribution in [1.82, 2.24) is 0 Å². The number of hydrogen-bond donors (Lipinski definition) is 0. The lowest BCUT2D eigenvalue weighted by atomic mass is 9.75. The van der Waals surface area contributed by atoms with Gasteiger partial charge in [-0.2, -0.15) is 0 Å². The first-order valence-corrected chi connectivity index (χ1v) is 5.74. The van der Waals surface area contributed by atoms with Gasteiger partial charge in [0, 0.05) is 1.43 Å². The maximum Gasteiger partial charge on any atom is 0 e. The Morgan fingerprint density at radius 1 is 1.33 bits per heavy atom. The van der Waals surface area contributed by atoms with Gasteiger partial charge in [0.2, 0.25) is 0 Å². The van der Waals surface area contributed by atoms with Gasteiger partial charge in [-0.25, -0.2) is 0 Å². The average molecular weight is 170 g/mol. The molecule has 1 aliphatic carbocycles. The van der Waals surface area contributed by atoms with Crippen LogP contribution in [0.1, 0.15) is 60.7 Å². The van der Waals surface area contributed by atoms with E-state index in [-0.39, 0.29) is 1.43 Å². The highest BCUT2D eigenvalue weighted by molar-refractivity contribution is 4.74. The van der Waals surface area contributed by atoms with E-state index in [0.29, 0.717) is 0 Å². The van der Waals surface area contributed by atoms with Crippen LogP contribution in [0.15, 0.2) is 0 Å². The molecule has 0 bridgehead atoms. The molecule has 0 amide bonds. The van der Waals surface area contributed by atoms with E-state index in [1.807, 2.05) is 0 Å². The standard InChI is InChI=1S/C12H24.H2/c1-4-6-11-7-5-8-12(9-11)10(2)3;/h10-12H,4-9H2,1-3H3;1H. The molecule has 0 saturated heterocycles. The Balaban J connectivity index is 0.00000144. The van der Waals surface area contributed by atoms with Crippen LogP contribution >= 0.6 is 0 Å². The summed E-state index contributed by atoms with van der Waals surface area (Å²) in [4.78, 5) is 0. The first-order chi connectivity index (χ1) is 5.74. The fraction of sp³-hybridized carbons (Fsp3) is 1.00. The monoisotopic (exact) mass is 170 g/mol. The first kappa shape index (κ1) is 10.1. The van der Waals surface area contributed by atoms with Gasteiger partial charge in [0.05, 0.1) is 0 Å². The highest BCUT2D eigenvalue weighted by atomic mass is 14.3. The van der Waals surface area contributed by atoms with Gasteiger partial charge in [-0.1, -0.05) is 52.9 Å². The van der Waals surface area contributed by atoms with Crippen molar-refractivity contribution < 1.29 is 1.43 Å². The summed E-state index contributed by atoms with van der Waals surface area (Å²) < 4.78 is 0. The zero-order valence-electron chi connectivity index (χ0n) is 8.97. The van der Waals surface area contributed by atoms with E-state index in [2.05, 4.69) is 20.8 Å². The van der Waals surface area contributed by atoms with Crippen LogP contribution in [0.3, 0.4) is 0 Å². The average Bonchev–Trinajstić information content (AvgIpc) is 2.05. The third kappa shape index (κ3) is 2.80. The second-order valence-electron chi connectivity index (χ2n) is 4.83. The van der Waals surface area contributed by atoms with Crippen LogP contribution in [0.4, 0.5) is 0 Å². The summed E-state index contributed by atoms with van der Waals surface area (Å²) in [5.41, 5.74) is 0. The maximum absolute atomic E-state index is 2.39. The molecule has 0 radical (unpaired) electrons. The summed E-state index contributed by atoms with van der Waals surface area (Å²) in [5, 5.41) is 0. The summed E-state index contributed by atoms with van der Waals surface area (Å²) >= 11 is 0. The topological polar surface area (TPSA) is 0 Å². The molecule has 0 aromatic heterocycles. The van der Waals surface area contributed by atoms with Crippen LogP contribution in [0.2, 0.25) is 0 Å². The van der Waals surface area contributed by atoms with Crippen molar-refractivity contribution in [2.75, 3.05) is 0 Å². The van der Waals surface area contributed by atoms with Crippen LogP contribution in [-0.4, -0.2) is 0 Å². The third-order valence-electron chi connectivity index (χ3n) is 3.46. The molecule has 0 N–H and O–H groups in total. The van der Waals surface area contributed by atoms with Crippen molar-refractivity contribution in [1.29, 1.82) is 0 Å². The summed E-state index contributed by atoms with van der Waals surface area (Å²) in [7, 11) is 0. The van der Waals surface area contributed by atoms with E-state index in [9.17, 15) is 0 Å². The molecule has 1 rings (SSSR count). The Labute approximate surface area is 79.2 Å². The van der Waals surface area contributed by atoms with E-state index >= 15 is 0 Å². The van der Waals surface area contributed by atoms with Crippen LogP contribution in [-0.2, 0) is 0 Å². The Hall–Kier alpha value is 0. The molecule has 0 heteroatoms. The smallest absolute Gasteiger partial charge is 0 e. The Bertz CT molecular complexity index is 118.